The second kappa shape index (κ2) is 9.51. The van der Waals surface area contributed by atoms with Gasteiger partial charge in [-0.05, 0) is 37.8 Å². The molecule has 1 N–H and O–H groups in total. The Kier molecular flexibility index (Phi) is 9.49. The standard InChI is InChI=1S/C13H29N/c1-5-7-8-13(6-2)11-14-10-9-12(3)4/h12-14H,5-11H2,1-4H3. The van der Waals surface area contributed by atoms with Crippen molar-refractivity contribution in [2.45, 2.75) is 59.8 Å². The molecule has 86 valence electrons. The lowest BCUT2D eigenvalue weighted by Crippen LogP contribution is -2.24. The Morgan fingerprint density at radius 3 is 2.29 bits per heavy atom. The summed E-state index contributed by atoms with van der Waals surface area (Å²) >= 11 is 0. The molecule has 0 spiro atoms. The zero-order valence-corrected chi connectivity index (χ0v) is 10.6. The molecule has 0 aliphatic carbocycles. The van der Waals surface area contributed by atoms with Gasteiger partial charge in [-0.2, -0.15) is 0 Å². The van der Waals surface area contributed by atoms with Crippen LogP contribution in [0.5, 0.6) is 0 Å². The molecule has 0 rings (SSSR count). The van der Waals surface area contributed by atoms with E-state index in [-0.39, 0.29) is 0 Å². The van der Waals surface area contributed by atoms with Gasteiger partial charge < -0.3 is 5.32 Å². The first kappa shape index (κ1) is 14.0. The number of unbranched alkanes of at least 4 members (excludes halogenated alkanes) is 1. The van der Waals surface area contributed by atoms with Crippen molar-refractivity contribution in [3.63, 3.8) is 0 Å². The van der Waals surface area contributed by atoms with Crippen LogP contribution in [0.25, 0.3) is 0 Å². The van der Waals surface area contributed by atoms with Crippen LogP contribution in [-0.4, -0.2) is 13.1 Å². The summed E-state index contributed by atoms with van der Waals surface area (Å²) in [7, 11) is 0. The fraction of sp³-hybridized carbons (Fsp3) is 1.00. The lowest BCUT2D eigenvalue weighted by molar-refractivity contribution is 0.409. The van der Waals surface area contributed by atoms with Crippen molar-refractivity contribution < 1.29 is 0 Å². The largest absolute Gasteiger partial charge is 0.316 e. The summed E-state index contributed by atoms with van der Waals surface area (Å²) in [4.78, 5) is 0. The molecule has 1 heteroatoms. The molecule has 0 amide bonds. The minimum atomic E-state index is 0.832. The van der Waals surface area contributed by atoms with Crippen molar-refractivity contribution in [3.8, 4) is 0 Å². The lowest BCUT2D eigenvalue weighted by Gasteiger charge is -2.15. The van der Waals surface area contributed by atoms with Crippen LogP contribution < -0.4 is 5.32 Å². The Hall–Kier alpha value is -0.0400. The van der Waals surface area contributed by atoms with E-state index in [0.29, 0.717) is 0 Å². The molecule has 0 aromatic heterocycles. The monoisotopic (exact) mass is 199 g/mol. The summed E-state index contributed by atoms with van der Waals surface area (Å²) in [5.41, 5.74) is 0. The number of hydrogen-bond acceptors (Lipinski definition) is 1. The highest BCUT2D eigenvalue weighted by Gasteiger charge is 2.04. The second-order valence-electron chi connectivity index (χ2n) is 4.80. The van der Waals surface area contributed by atoms with Crippen LogP contribution in [0.15, 0.2) is 0 Å². The predicted molar refractivity (Wildman–Crippen MR) is 65.6 cm³/mol. The van der Waals surface area contributed by atoms with Gasteiger partial charge in [-0.15, -0.1) is 0 Å². The highest BCUT2D eigenvalue weighted by atomic mass is 14.9. The average molecular weight is 199 g/mol. The number of rotatable bonds is 9. The topological polar surface area (TPSA) is 12.0 Å². The Balaban J connectivity index is 3.33. The first-order valence-electron chi connectivity index (χ1n) is 6.41. The molecule has 0 aliphatic heterocycles. The lowest BCUT2D eigenvalue weighted by atomic mass is 9.99. The van der Waals surface area contributed by atoms with Crippen molar-refractivity contribution in [2.75, 3.05) is 13.1 Å². The summed E-state index contributed by atoms with van der Waals surface area (Å²) < 4.78 is 0. The first-order chi connectivity index (χ1) is 6.70. The molecule has 0 aromatic rings. The fourth-order valence-corrected chi connectivity index (χ4v) is 1.64. The quantitative estimate of drug-likeness (QED) is 0.556. The van der Waals surface area contributed by atoms with Gasteiger partial charge >= 0.3 is 0 Å². The number of nitrogens with one attached hydrogen (secondary N) is 1. The van der Waals surface area contributed by atoms with Gasteiger partial charge in [0.2, 0.25) is 0 Å². The normalized spacial score (nSPS) is 13.5. The third kappa shape index (κ3) is 8.55. The van der Waals surface area contributed by atoms with E-state index in [1.54, 1.807) is 0 Å². The third-order valence-corrected chi connectivity index (χ3v) is 2.87. The van der Waals surface area contributed by atoms with Gasteiger partial charge in [-0.25, -0.2) is 0 Å². The van der Waals surface area contributed by atoms with Gasteiger partial charge in [0.1, 0.15) is 0 Å². The summed E-state index contributed by atoms with van der Waals surface area (Å²) in [5.74, 6) is 1.74. The van der Waals surface area contributed by atoms with Gasteiger partial charge in [0.05, 0.1) is 0 Å². The molecule has 0 saturated heterocycles. The van der Waals surface area contributed by atoms with Gasteiger partial charge in [-0.1, -0.05) is 47.0 Å². The predicted octanol–water partition coefficient (Wildman–Crippen LogP) is 3.84. The van der Waals surface area contributed by atoms with Crippen molar-refractivity contribution in [1.29, 1.82) is 0 Å². The van der Waals surface area contributed by atoms with Crippen LogP contribution in [0.4, 0.5) is 0 Å². The molecule has 1 atom stereocenters. The summed E-state index contributed by atoms with van der Waals surface area (Å²) in [6.07, 6.45) is 6.77. The molecule has 1 unspecified atom stereocenters. The Morgan fingerprint density at radius 1 is 1.07 bits per heavy atom. The SMILES string of the molecule is CCCCC(CC)CNCCC(C)C. The van der Waals surface area contributed by atoms with E-state index >= 15 is 0 Å². The van der Waals surface area contributed by atoms with E-state index in [4.69, 9.17) is 0 Å². The maximum Gasteiger partial charge on any atom is -0.00206 e. The summed E-state index contributed by atoms with van der Waals surface area (Å²) in [6, 6.07) is 0. The second-order valence-corrected chi connectivity index (χ2v) is 4.80. The molecule has 1 nitrogen and oxygen atoms in total. The van der Waals surface area contributed by atoms with E-state index < -0.39 is 0 Å². The zero-order chi connectivity index (χ0) is 10.8. The molecule has 14 heavy (non-hydrogen) atoms. The van der Waals surface area contributed by atoms with Crippen LogP contribution in [0.2, 0.25) is 0 Å². The van der Waals surface area contributed by atoms with Gasteiger partial charge in [0.25, 0.3) is 0 Å². The highest BCUT2D eigenvalue weighted by Crippen LogP contribution is 2.11. The van der Waals surface area contributed by atoms with Crippen LogP contribution in [-0.2, 0) is 0 Å². The Morgan fingerprint density at radius 2 is 1.79 bits per heavy atom. The number of hydrogen-bond donors (Lipinski definition) is 1. The molecular weight excluding hydrogens is 170 g/mol. The van der Waals surface area contributed by atoms with E-state index in [1.807, 2.05) is 0 Å². The third-order valence-electron chi connectivity index (χ3n) is 2.87. The maximum atomic E-state index is 3.58. The molecule has 0 aromatic carbocycles. The summed E-state index contributed by atoms with van der Waals surface area (Å²) in [5, 5.41) is 3.58. The highest BCUT2D eigenvalue weighted by molar-refractivity contribution is 4.61. The van der Waals surface area contributed by atoms with Crippen molar-refractivity contribution in [2.24, 2.45) is 11.8 Å². The van der Waals surface area contributed by atoms with Crippen molar-refractivity contribution in [1.82, 2.24) is 5.32 Å². The Bertz CT molecular complexity index is 110. The molecule has 0 heterocycles. The smallest absolute Gasteiger partial charge is 0.00206 e. The molecular formula is C13H29N. The first-order valence-corrected chi connectivity index (χ1v) is 6.41. The van der Waals surface area contributed by atoms with Crippen molar-refractivity contribution in [3.05, 3.63) is 0 Å². The fourth-order valence-electron chi connectivity index (χ4n) is 1.64. The molecule has 0 radical (unpaired) electrons. The molecule has 0 aliphatic rings. The average Bonchev–Trinajstić information content (AvgIpc) is 2.16. The van der Waals surface area contributed by atoms with Crippen LogP contribution in [0, 0.1) is 11.8 Å². The molecule has 0 fully saturated rings. The van der Waals surface area contributed by atoms with Crippen molar-refractivity contribution >= 4 is 0 Å². The van der Waals surface area contributed by atoms with E-state index in [9.17, 15) is 0 Å². The van der Waals surface area contributed by atoms with Crippen LogP contribution in [0.1, 0.15) is 59.8 Å². The van der Waals surface area contributed by atoms with E-state index in [0.717, 1.165) is 11.8 Å². The van der Waals surface area contributed by atoms with Gasteiger partial charge in [0, 0.05) is 0 Å². The van der Waals surface area contributed by atoms with Crippen LogP contribution in [0.3, 0.4) is 0 Å². The van der Waals surface area contributed by atoms with Gasteiger partial charge in [-0.3, -0.25) is 0 Å². The molecule has 0 bridgehead atoms. The van der Waals surface area contributed by atoms with Crippen LogP contribution >= 0.6 is 0 Å². The van der Waals surface area contributed by atoms with Gasteiger partial charge in [0.15, 0.2) is 0 Å². The zero-order valence-electron chi connectivity index (χ0n) is 10.6. The van der Waals surface area contributed by atoms with E-state index in [2.05, 4.69) is 33.0 Å². The maximum absolute atomic E-state index is 3.58. The van der Waals surface area contributed by atoms with E-state index in [1.165, 1.54) is 45.2 Å². The summed E-state index contributed by atoms with van der Waals surface area (Å²) in [6.45, 7) is 11.6. The minimum absolute atomic E-state index is 0.832. The Labute approximate surface area is 90.7 Å². The molecule has 0 saturated carbocycles. The minimum Gasteiger partial charge on any atom is -0.316 e.